The van der Waals surface area contributed by atoms with Crippen molar-refractivity contribution in [2.24, 2.45) is 12.1 Å². The van der Waals surface area contributed by atoms with Gasteiger partial charge in [0.25, 0.3) is 5.91 Å². The minimum atomic E-state index is -0.230. The van der Waals surface area contributed by atoms with Crippen LogP contribution in [0.15, 0.2) is 71.6 Å². The molecule has 0 unspecified atom stereocenters. The molecule has 0 saturated carbocycles. The number of aryl methyl sites for hydroxylation is 2. The minimum Gasteiger partial charge on any atom is -0.377 e. The zero-order valence-electron chi connectivity index (χ0n) is 19.1. The summed E-state index contributed by atoms with van der Waals surface area (Å²) in [6.07, 6.45) is 5.21. The number of allylic oxidation sites excluding steroid dienone is 1. The van der Waals surface area contributed by atoms with Crippen molar-refractivity contribution < 1.29 is 4.79 Å². The van der Waals surface area contributed by atoms with Crippen LogP contribution in [0.1, 0.15) is 17.1 Å². The molecule has 2 N–H and O–H groups in total. The van der Waals surface area contributed by atoms with Crippen molar-refractivity contribution in [3.05, 3.63) is 78.4 Å². The topological polar surface area (TPSA) is 102 Å². The average molecular weight is 475 g/mol. The lowest BCUT2D eigenvalue weighted by Crippen LogP contribution is -2.20. The SMILES string of the molecule is C=CCn1c(CNc2cccc3ccccc23)nnc1SCC(=O)N/N=C/c1cn(C)nc1C. The Balaban J connectivity index is 1.37. The largest absolute Gasteiger partial charge is 0.377 e. The number of rotatable bonds is 10. The van der Waals surface area contributed by atoms with Crippen molar-refractivity contribution in [1.29, 1.82) is 0 Å². The van der Waals surface area contributed by atoms with Gasteiger partial charge >= 0.3 is 0 Å². The van der Waals surface area contributed by atoms with Crippen molar-refractivity contribution in [2.75, 3.05) is 11.1 Å². The number of nitrogens with zero attached hydrogens (tertiary/aromatic N) is 6. The van der Waals surface area contributed by atoms with Crippen LogP contribution in [0.2, 0.25) is 0 Å². The molecule has 0 spiro atoms. The molecule has 0 aliphatic rings. The molecule has 0 radical (unpaired) electrons. The molecule has 0 aliphatic carbocycles. The second-order valence-electron chi connectivity index (χ2n) is 7.60. The lowest BCUT2D eigenvalue weighted by molar-refractivity contribution is -0.118. The molecule has 9 nitrogen and oxygen atoms in total. The normalized spacial score (nSPS) is 11.2. The number of aromatic nitrogens is 5. The summed E-state index contributed by atoms with van der Waals surface area (Å²) in [5.41, 5.74) is 5.27. The fraction of sp³-hybridized carbons (Fsp3) is 0.208. The smallest absolute Gasteiger partial charge is 0.250 e. The summed E-state index contributed by atoms with van der Waals surface area (Å²) in [5.74, 6) is 0.697. The summed E-state index contributed by atoms with van der Waals surface area (Å²) in [4.78, 5) is 12.3. The highest BCUT2D eigenvalue weighted by Gasteiger charge is 2.14. The summed E-state index contributed by atoms with van der Waals surface area (Å²) >= 11 is 1.31. The number of fused-ring (bicyclic) bond motifs is 1. The van der Waals surface area contributed by atoms with E-state index in [9.17, 15) is 4.79 Å². The molecule has 1 amide bonds. The summed E-state index contributed by atoms with van der Waals surface area (Å²) < 4.78 is 3.65. The Kier molecular flexibility index (Phi) is 7.38. The van der Waals surface area contributed by atoms with Crippen LogP contribution in [-0.4, -0.2) is 42.4 Å². The molecule has 10 heteroatoms. The van der Waals surface area contributed by atoms with Gasteiger partial charge in [0.2, 0.25) is 0 Å². The van der Waals surface area contributed by atoms with Gasteiger partial charge in [0, 0.05) is 36.4 Å². The molecule has 2 aromatic heterocycles. The van der Waals surface area contributed by atoms with Crippen molar-refractivity contribution in [1.82, 2.24) is 30.0 Å². The first-order valence-electron chi connectivity index (χ1n) is 10.7. The number of carbonyl (C=O) groups is 1. The van der Waals surface area contributed by atoms with E-state index in [0.717, 1.165) is 28.2 Å². The third-order valence-corrected chi connectivity index (χ3v) is 6.08. The standard InChI is InChI=1S/C24H26N8OS/c1-4-12-32-22(14-25-21-11-7-9-18-8-5-6-10-20(18)21)27-29-24(32)34-16-23(33)28-26-13-19-15-31(3)30-17(19)2/h4-11,13,15,25H,1,12,14,16H2,2-3H3,(H,28,33)/b26-13+. The fourth-order valence-electron chi connectivity index (χ4n) is 3.50. The maximum absolute atomic E-state index is 12.3. The molecular formula is C24H26N8OS. The highest BCUT2D eigenvalue weighted by molar-refractivity contribution is 7.99. The van der Waals surface area contributed by atoms with Crippen LogP contribution < -0.4 is 10.7 Å². The number of anilines is 1. The molecule has 4 aromatic rings. The third kappa shape index (κ3) is 5.52. The Morgan fingerprint density at radius 1 is 1.21 bits per heavy atom. The second-order valence-corrected chi connectivity index (χ2v) is 8.55. The van der Waals surface area contributed by atoms with Crippen LogP contribution in [0.4, 0.5) is 5.69 Å². The Hall–Kier alpha value is -3.92. The highest BCUT2D eigenvalue weighted by atomic mass is 32.2. The molecule has 2 aromatic carbocycles. The molecule has 4 rings (SSSR count). The van der Waals surface area contributed by atoms with E-state index < -0.39 is 0 Å². The van der Waals surface area contributed by atoms with Gasteiger partial charge in [0.05, 0.1) is 24.2 Å². The summed E-state index contributed by atoms with van der Waals surface area (Å²) in [6.45, 7) is 6.77. The van der Waals surface area contributed by atoms with Crippen LogP contribution in [0.25, 0.3) is 10.8 Å². The number of amides is 1. The molecule has 0 saturated heterocycles. The quantitative estimate of drug-likeness (QED) is 0.158. The second kappa shape index (κ2) is 10.8. The zero-order chi connectivity index (χ0) is 23.9. The van der Waals surface area contributed by atoms with Crippen molar-refractivity contribution in [3.63, 3.8) is 0 Å². The zero-order valence-corrected chi connectivity index (χ0v) is 19.9. The van der Waals surface area contributed by atoms with E-state index in [1.807, 2.05) is 49.0 Å². The van der Waals surface area contributed by atoms with E-state index in [0.29, 0.717) is 18.2 Å². The van der Waals surface area contributed by atoms with Gasteiger partial charge in [-0.25, -0.2) is 5.43 Å². The molecule has 34 heavy (non-hydrogen) atoms. The maximum Gasteiger partial charge on any atom is 0.250 e. The fourth-order valence-corrected chi connectivity index (χ4v) is 4.26. The Labute approximate surface area is 202 Å². The first-order chi connectivity index (χ1) is 16.5. The van der Waals surface area contributed by atoms with Crippen LogP contribution in [0.5, 0.6) is 0 Å². The molecule has 2 heterocycles. The van der Waals surface area contributed by atoms with Gasteiger partial charge in [-0.05, 0) is 18.4 Å². The van der Waals surface area contributed by atoms with Crippen molar-refractivity contribution >= 4 is 40.3 Å². The van der Waals surface area contributed by atoms with E-state index in [2.05, 4.69) is 55.9 Å². The van der Waals surface area contributed by atoms with Gasteiger partial charge in [-0.1, -0.05) is 54.2 Å². The van der Waals surface area contributed by atoms with E-state index in [1.54, 1.807) is 17.0 Å². The van der Waals surface area contributed by atoms with Gasteiger partial charge < -0.3 is 9.88 Å². The Morgan fingerprint density at radius 2 is 2.03 bits per heavy atom. The first kappa shape index (κ1) is 23.2. The molecular weight excluding hydrogens is 448 g/mol. The number of hydrazone groups is 1. The van der Waals surface area contributed by atoms with E-state index >= 15 is 0 Å². The molecule has 0 atom stereocenters. The van der Waals surface area contributed by atoms with Crippen LogP contribution in [-0.2, 0) is 24.9 Å². The molecule has 174 valence electrons. The van der Waals surface area contributed by atoms with Crippen LogP contribution >= 0.6 is 11.8 Å². The lowest BCUT2D eigenvalue weighted by Gasteiger charge is -2.11. The van der Waals surface area contributed by atoms with Gasteiger partial charge in [0.1, 0.15) is 0 Å². The first-order valence-corrected chi connectivity index (χ1v) is 11.7. The summed E-state index contributed by atoms with van der Waals surface area (Å²) in [5, 5.41) is 23.3. The number of benzene rings is 2. The number of hydrogen-bond donors (Lipinski definition) is 2. The minimum absolute atomic E-state index is 0.162. The number of carbonyl (C=O) groups excluding carboxylic acids is 1. The maximum atomic E-state index is 12.3. The van der Waals surface area contributed by atoms with Crippen molar-refractivity contribution in [3.8, 4) is 0 Å². The molecule has 0 fully saturated rings. The predicted molar refractivity (Wildman–Crippen MR) is 136 cm³/mol. The number of nitrogens with one attached hydrogen (secondary N) is 2. The average Bonchev–Trinajstić information content (AvgIpc) is 3.37. The monoisotopic (exact) mass is 474 g/mol. The van der Waals surface area contributed by atoms with E-state index in [4.69, 9.17) is 0 Å². The number of thioether (sulfide) groups is 1. The van der Waals surface area contributed by atoms with Crippen LogP contribution in [0, 0.1) is 6.92 Å². The van der Waals surface area contributed by atoms with Crippen molar-refractivity contribution in [2.45, 2.75) is 25.2 Å². The highest BCUT2D eigenvalue weighted by Crippen LogP contribution is 2.24. The van der Waals surface area contributed by atoms with Crippen LogP contribution in [0.3, 0.4) is 0 Å². The predicted octanol–water partition coefficient (Wildman–Crippen LogP) is 3.51. The number of hydrogen-bond acceptors (Lipinski definition) is 7. The Bertz CT molecular complexity index is 1330. The lowest BCUT2D eigenvalue weighted by atomic mass is 10.1. The van der Waals surface area contributed by atoms with Gasteiger partial charge in [0.15, 0.2) is 11.0 Å². The van der Waals surface area contributed by atoms with E-state index in [1.165, 1.54) is 17.1 Å². The van der Waals surface area contributed by atoms with Gasteiger partial charge in [-0.3, -0.25) is 9.48 Å². The van der Waals surface area contributed by atoms with E-state index in [-0.39, 0.29) is 11.7 Å². The molecule has 0 bridgehead atoms. The summed E-state index contributed by atoms with van der Waals surface area (Å²) in [6, 6.07) is 14.4. The molecule has 0 aliphatic heterocycles. The van der Waals surface area contributed by atoms with Gasteiger partial charge in [-0.15, -0.1) is 16.8 Å². The third-order valence-electron chi connectivity index (χ3n) is 5.11. The summed E-state index contributed by atoms with van der Waals surface area (Å²) in [7, 11) is 1.84. The van der Waals surface area contributed by atoms with Gasteiger partial charge in [-0.2, -0.15) is 10.2 Å². The Morgan fingerprint density at radius 3 is 2.82 bits per heavy atom.